The Hall–Kier alpha value is -2.89. The van der Waals surface area contributed by atoms with Crippen LogP contribution in [0.3, 0.4) is 0 Å². The maximum absolute atomic E-state index is 11.3. The van der Waals surface area contributed by atoms with Gasteiger partial charge < -0.3 is 20.8 Å². The van der Waals surface area contributed by atoms with Crippen molar-refractivity contribution in [2.24, 2.45) is 10.6 Å². The molecule has 0 saturated carbocycles. The summed E-state index contributed by atoms with van der Waals surface area (Å²) in [6, 6.07) is 8.40. The summed E-state index contributed by atoms with van der Waals surface area (Å²) in [5, 5.41) is 52.9. The van der Waals surface area contributed by atoms with E-state index in [1.54, 1.807) is 6.07 Å². The molecule has 0 atom stereocenters. The normalized spacial score (nSPS) is 15.9. The summed E-state index contributed by atoms with van der Waals surface area (Å²) in [5.41, 5.74) is -2.73. The van der Waals surface area contributed by atoms with E-state index in [1.165, 1.54) is 30.3 Å². The number of nitrogens with zero attached hydrogens (tertiary/aromatic N) is 5. The van der Waals surface area contributed by atoms with Gasteiger partial charge >= 0.3 is 5.66 Å². The van der Waals surface area contributed by atoms with E-state index in [-0.39, 0.29) is 5.56 Å². The van der Waals surface area contributed by atoms with Gasteiger partial charge in [-0.25, -0.2) is 0 Å². The summed E-state index contributed by atoms with van der Waals surface area (Å²) in [6.07, 6.45) is 0. The van der Waals surface area contributed by atoms with Crippen molar-refractivity contribution in [3.05, 3.63) is 46.3 Å². The van der Waals surface area contributed by atoms with Gasteiger partial charge in [0.1, 0.15) is 5.56 Å². The van der Waals surface area contributed by atoms with Crippen LogP contribution in [0, 0.1) is 21.7 Å². The second-order valence-electron chi connectivity index (χ2n) is 2.87. The number of hydrogen-bond donors (Lipinski definition) is 2. The lowest BCUT2D eigenvalue weighted by Gasteiger charge is -2.16. The van der Waals surface area contributed by atoms with Crippen molar-refractivity contribution in [1.82, 2.24) is 0 Å². The molecule has 0 spiro atoms. The van der Waals surface area contributed by atoms with Crippen molar-refractivity contribution < 1.29 is 20.1 Å². The van der Waals surface area contributed by atoms with Crippen LogP contribution in [-0.4, -0.2) is 20.1 Å². The van der Waals surface area contributed by atoms with Crippen LogP contribution in [0.25, 0.3) is 0 Å². The molecule has 1 rings (SSSR count). The fourth-order valence-corrected chi connectivity index (χ4v) is 1.24. The molecule has 0 aliphatic carbocycles. The molecule has 0 saturated heterocycles. The topological polar surface area (TPSA) is 141 Å². The van der Waals surface area contributed by atoms with Gasteiger partial charge in [0.25, 0.3) is 0 Å². The first-order valence-electron chi connectivity index (χ1n) is 4.25. The number of benzene rings is 1. The van der Waals surface area contributed by atoms with Gasteiger partial charge in [0.15, 0.2) is 0 Å². The summed E-state index contributed by atoms with van der Waals surface area (Å²) in [4.78, 5) is -1.12. The summed E-state index contributed by atoms with van der Waals surface area (Å²) in [6.45, 7) is 0. The Labute approximate surface area is 94.9 Å². The molecule has 9 heteroatoms. The van der Waals surface area contributed by atoms with Gasteiger partial charge in [0, 0.05) is 9.72 Å². The Balaban J connectivity index is 3.56. The first-order valence-corrected chi connectivity index (χ1v) is 4.25. The average molecular weight is 237 g/mol. The van der Waals surface area contributed by atoms with Crippen LogP contribution in [0.15, 0.2) is 40.9 Å². The predicted molar refractivity (Wildman–Crippen MR) is 49.4 cm³/mol. The molecule has 0 aliphatic heterocycles. The zero-order chi connectivity index (χ0) is 12.9. The maximum Gasteiger partial charge on any atom is 0.538 e. The molecule has 0 aliphatic rings. The fourth-order valence-electron chi connectivity index (χ4n) is 1.24. The molecule has 9 nitrogen and oxygen atoms in total. The first-order chi connectivity index (χ1) is 8.13. The first kappa shape index (κ1) is 12.2. The van der Waals surface area contributed by atoms with E-state index < -0.39 is 15.4 Å². The van der Waals surface area contributed by atoms with Gasteiger partial charge in [-0.3, -0.25) is 0 Å². The number of nitriles is 1. The molecule has 0 radical (unpaired) electrons. The van der Waals surface area contributed by atoms with Crippen LogP contribution in [0.4, 0.5) is 0 Å². The summed E-state index contributed by atoms with van der Waals surface area (Å²) >= 11 is 0. The Morgan fingerprint density at radius 3 is 1.94 bits per heavy atom. The summed E-state index contributed by atoms with van der Waals surface area (Å²) < 4.78 is 0. The standard InChI is InChI=1S/C8H7N5O4/c9-6-8(12(16)10-14,13(17)11-15)7-4-2-1-3-5-7/h1-5,14-15H. The minimum absolute atomic E-state index is 0.108. The van der Waals surface area contributed by atoms with E-state index in [2.05, 4.69) is 10.6 Å². The van der Waals surface area contributed by atoms with E-state index in [4.69, 9.17) is 15.7 Å². The van der Waals surface area contributed by atoms with E-state index >= 15 is 0 Å². The average Bonchev–Trinajstić information content (AvgIpc) is 2.40. The van der Waals surface area contributed by atoms with Crippen LogP contribution < -0.4 is 0 Å². The minimum Gasteiger partial charge on any atom is -0.591 e. The molecule has 0 bridgehead atoms. The van der Waals surface area contributed by atoms with Crippen LogP contribution in [0.2, 0.25) is 0 Å². The maximum atomic E-state index is 11.3. The number of hydrogen-bond acceptors (Lipinski definition) is 5. The highest BCUT2D eigenvalue weighted by atomic mass is 16.6. The third kappa shape index (κ3) is 1.78. The van der Waals surface area contributed by atoms with Crippen molar-refractivity contribution in [2.45, 2.75) is 5.66 Å². The van der Waals surface area contributed by atoms with Gasteiger partial charge in [0.05, 0.1) is 0 Å². The van der Waals surface area contributed by atoms with Gasteiger partial charge in [-0.2, -0.15) is 5.26 Å². The lowest BCUT2D eigenvalue weighted by molar-refractivity contribution is -0.841. The highest BCUT2D eigenvalue weighted by Gasteiger charge is 2.56. The SMILES string of the molecule is N#CC(c1ccccc1)([N+]([O-])=NO)[N+]([O-])=NO. The largest absolute Gasteiger partial charge is 0.591 e. The molecule has 1 aromatic carbocycles. The van der Waals surface area contributed by atoms with E-state index in [0.29, 0.717) is 0 Å². The summed E-state index contributed by atoms with van der Waals surface area (Å²) in [5.74, 6) is 0. The molecule has 0 heterocycles. The fraction of sp³-hybridized carbons (Fsp3) is 0.125. The van der Waals surface area contributed by atoms with Crippen LogP contribution in [-0.2, 0) is 5.66 Å². The molecular weight excluding hydrogens is 230 g/mol. The molecule has 1 aromatic rings. The molecule has 17 heavy (non-hydrogen) atoms. The van der Waals surface area contributed by atoms with Crippen molar-refractivity contribution >= 4 is 0 Å². The van der Waals surface area contributed by atoms with Gasteiger partial charge in [0.2, 0.25) is 16.6 Å². The second-order valence-corrected chi connectivity index (χ2v) is 2.87. The quantitative estimate of drug-likeness (QED) is 0.350. The monoisotopic (exact) mass is 237 g/mol. The zero-order valence-electron chi connectivity index (χ0n) is 8.33. The van der Waals surface area contributed by atoms with Crippen LogP contribution in [0.5, 0.6) is 0 Å². The number of rotatable bonds is 3. The Kier molecular flexibility index (Phi) is 3.41. The van der Waals surface area contributed by atoms with E-state index in [1.807, 2.05) is 0 Å². The highest BCUT2D eigenvalue weighted by Crippen LogP contribution is 2.25. The van der Waals surface area contributed by atoms with Gasteiger partial charge in [-0.05, 0) is 12.1 Å². The van der Waals surface area contributed by atoms with Crippen molar-refractivity contribution in [3.8, 4) is 6.07 Å². The lowest BCUT2D eigenvalue weighted by Crippen LogP contribution is -2.42. The number of hydroxylamine groups is 2. The molecule has 0 amide bonds. The van der Waals surface area contributed by atoms with Crippen molar-refractivity contribution in [3.63, 3.8) is 0 Å². The smallest absolute Gasteiger partial charge is 0.538 e. The zero-order valence-corrected chi connectivity index (χ0v) is 8.33. The van der Waals surface area contributed by atoms with E-state index in [9.17, 15) is 10.4 Å². The molecule has 0 aromatic heterocycles. The Bertz CT molecular complexity index is 474. The van der Waals surface area contributed by atoms with Gasteiger partial charge in [-0.15, -0.1) is 0 Å². The minimum atomic E-state index is -2.62. The van der Waals surface area contributed by atoms with E-state index in [0.717, 1.165) is 0 Å². The Morgan fingerprint density at radius 1 is 1.12 bits per heavy atom. The third-order valence-corrected chi connectivity index (χ3v) is 2.05. The molecule has 0 unspecified atom stereocenters. The van der Waals surface area contributed by atoms with Gasteiger partial charge in [-0.1, -0.05) is 18.2 Å². The Morgan fingerprint density at radius 2 is 1.59 bits per heavy atom. The van der Waals surface area contributed by atoms with Crippen molar-refractivity contribution in [1.29, 1.82) is 5.26 Å². The molecule has 88 valence electrons. The predicted octanol–water partition coefficient (Wildman–Crippen LogP) is 1.07. The summed E-state index contributed by atoms with van der Waals surface area (Å²) in [7, 11) is 0. The molecular formula is C8H7N5O4. The lowest BCUT2D eigenvalue weighted by atomic mass is 10.0. The second kappa shape index (κ2) is 4.75. The van der Waals surface area contributed by atoms with Crippen molar-refractivity contribution in [2.75, 3.05) is 0 Å². The highest BCUT2D eigenvalue weighted by molar-refractivity contribution is 5.24. The molecule has 0 fully saturated rings. The third-order valence-electron chi connectivity index (χ3n) is 2.05. The molecule has 2 N–H and O–H groups in total. The van der Waals surface area contributed by atoms with Crippen LogP contribution in [0.1, 0.15) is 5.56 Å². The van der Waals surface area contributed by atoms with Crippen LogP contribution >= 0.6 is 0 Å².